The van der Waals surface area contributed by atoms with Crippen LogP contribution in [-0.2, 0) is 5.75 Å². The van der Waals surface area contributed by atoms with Gasteiger partial charge in [-0.1, -0.05) is 6.92 Å². The van der Waals surface area contributed by atoms with Gasteiger partial charge in [-0.15, -0.1) is 11.8 Å². The fraction of sp³-hybridized carbons (Fsp3) is 0.571. The summed E-state index contributed by atoms with van der Waals surface area (Å²) in [4.78, 5) is 0. The molecule has 0 bridgehead atoms. The van der Waals surface area contributed by atoms with Crippen LogP contribution in [0.3, 0.4) is 0 Å². The number of rotatable bonds is 3. The van der Waals surface area contributed by atoms with Crippen molar-refractivity contribution in [1.29, 1.82) is 0 Å². The van der Waals surface area contributed by atoms with E-state index in [1.807, 2.05) is 0 Å². The SMILES string of the molecule is CCCNC1c2c(F)cc(F)cc2CSC1(C)C. The second-order valence-corrected chi connectivity index (χ2v) is 6.87. The van der Waals surface area contributed by atoms with Crippen LogP contribution < -0.4 is 5.32 Å². The van der Waals surface area contributed by atoms with E-state index in [0.29, 0.717) is 11.3 Å². The van der Waals surface area contributed by atoms with Gasteiger partial charge in [0.2, 0.25) is 0 Å². The van der Waals surface area contributed by atoms with Crippen molar-refractivity contribution < 1.29 is 8.78 Å². The van der Waals surface area contributed by atoms with E-state index in [9.17, 15) is 8.78 Å². The Morgan fingerprint density at radius 1 is 1.39 bits per heavy atom. The number of halogens is 2. The lowest BCUT2D eigenvalue weighted by Crippen LogP contribution is -2.41. The van der Waals surface area contributed by atoms with Crippen LogP contribution in [0.25, 0.3) is 0 Å². The highest BCUT2D eigenvalue weighted by atomic mass is 32.2. The molecule has 1 heterocycles. The van der Waals surface area contributed by atoms with Gasteiger partial charge in [-0.2, -0.15) is 0 Å². The van der Waals surface area contributed by atoms with Gasteiger partial charge in [0.15, 0.2) is 0 Å². The molecule has 1 N–H and O–H groups in total. The summed E-state index contributed by atoms with van der Waals surface area (Å²) in [6.45, 7) is 7.14. The van der Waals surface area contributed by atoms with Crippen LogP contribution in [0.5, 0.6) is 0 Å². The first kappa shape index (κ1) is 13.8. The first-order valence-corrected chi connectivity index (χ1v) is 7.29. The van der Waals surface area contributed by atoms with Crippen molar-refractivity contribution in [2.75, 3.05) is 6.54 Å². The normalized spacial score (nSPS) is 21.7. The Labute approximate surface area is 111 Å². The molecule has 18 heavy (non-hydrogen) atoms. The molecular weight excluding hydrogens is 252 g/mol. The van der Waals surface area contributed by atoms with Crippen molar-refractivity contribution in [2.45, 2.75) is 43.7 Å². The molecule has 1 aromatic carbocycles. The van der Waals surface area contributed by atoms with E-state index < -0.39 is 11.6 Å². The van der Waals surface area contributed by atoms with Crippen molar-refractivity contribution >= 4 is 11.8 Å². The maximum atomic E-state index is 14.1. The van der Waals surface area contributed by atoms with Crippen LogP contribution in [0.15, 0.2) is 12.1 Å². The van der Waals surface area contributed by atoms with E-state index in [4.69, 9.17) is 0 Å². The second kappa shape index (κ2) is 5.17. The molecule has 100 valence electrons. The summed E-state index contributed by atoms with van der Waals surface area (Å²) < 4.78 is 27.2. The smallest absolute Gasteiger partial charge is 0.131 e. The predicted molar refractivity (Wildman–Crippen MR) is 72.8 cm³/mol. The molecule has 0 saturated carbocycles. The van der Waals surface area contributed by atoms with E-state index in [2.05, 4.69) is 26.1 Å². The number of hydrogen-bond donors (Lipinski definition) is 1. The van der Waals surface area contributed by atoms with Crippen LogP contribution in [0.1, 0.15) is 44.4 Å². The predicted octanol–water partition coefficient (Wildman–Crippen LogP) is 4.03. The molecule has 0 fully saturated rings. The van der Waals surface area contributed by atoms with Crippen LogP contribution >= 0.6 is 11.8 Å². The number of hydrogen-bond acceptors (Lipinski definition) is 2. The number of nitrogens with one attached hydrogen (secondary N) is 1. The van der Waals surface area contributed by atoms with Gasteiger partial charge in [0.05, 0.1) is 0 Å². The first-order valence-electron chi connectivity index (χ1n) is 6.31. The maximum absolute atomic E-state index is 14.1. The van der Waals surface area contributed by atoms with Crippen molar-refractivity contribution in [3.8, 4) is 0 Å². The molecule has 0 saturated heterocycles. The Morgan fingerprint density at radius 2 is 2.11 bits per heavy atom. The molecule has 2 rings (SSSR count). The first-order chi connectivity index (χ1) is 8.45. The third-order valence-corrected chi connectivity index (χ3v) is 4.80. The zero-order valence-corrected chi connectivity index (χ0v) is 11.8. The third-order valence-electron chi connectivity index (χ3n) is 3.36. The molecule has 1 aromatic rings. The van der Waals surface area contributed by atoms with Gasteiger partial charge in [-0.25, -0.2) is 8.78 Å². The van der Waals surface area contributed by atoms with Gasteiger partial charge in [0, 0.05) is 28.2 Å². The average molecular weight is 271 g/mol. The van der Waals surface area contributed by atoms with E-state index >= 15 is 0 Å². The van der Waals surface area contributed by atoms with E-state index in [1.54, 1.807) is 11.8 Å². The number of benzene rings is 1. The molecule has 1 nitrogen and oxygen atoms in total. The van der Waals surface area contributed by atoms with Gasteiger partial charge in [0.1, 0.15) is 11.6 Å². The minimum absolute atomic E-state index is 0.0631. The van der Waals surface area contributed by atoms with Crippen LogP contribution in [-0.4, -0.2) is 11.3 Å². The molecule has 0 spiro atoms. The fourth-order valence-electron chi connectivity index (χ4n) is 2.41. The van der Waals surface area contributed by atoms with Crippen LogP contribution in [0.2, 0.25) is 0 Å². The summed E-state index contributed by atoms with van der Waals surface area (Å²) in [6.07, 6.45) is 0.995. The monoisotopic (exact) mass is 271 g/mol. The standard InChI is InChI=1S/C14H19F2NS/c1-4-5-17-13-12-9(8-18-14(13,2)3)6-10(15)7-11(12)16/h6-7,13,17H,4-5,8H2,1-3H3. The highest BCUT2D eigenvalue weighted by molar-refractivity contribution is 8.00. The van der Waals surface area contributed by atoms with Crippen LogP contribution in [0, 0.1) is 11.6 Å². The van der Waals surface area contributed by atoms with Gasteiger partial charge in [-0.3, -0.25) is 0 Å². The minimum Gasteiger partial charge on any atom is -0.309 e. The van der Waals surface area contributed by atoms with Crippen LogP contribution in [0.4, 0.5) is 8.78 Å². The quantitative estimate of drug-likeness (QED) is 0.890. The maximum Gasteiger partial charge on any atom is 0.131 e. The van der Waals surface area contributed by atoms with Crippen molar-refractivity contribution in [1.82, 2.24) is 5.32 Å². The molecular formula is C14H19F2NS. The zero-order chi connectivity index (χ0) is 13.3. The molecule has 0 radical (unpaired) electrons. The lowest BCUT2D eigenvalue weighted by molar-refractivity contribution is 0.418. The van der Waals surface area contributed by atoms with Gasteiger partial charge < -0.3 is 5.32 Å². The van der Waals surface area contributed by atoms with E-state index in [-0.39, 0.29) is 10.8 Å². The van der Waals surface area contributed by atoms with Gasteiger partial charge >= 0.3 is 0 Å². The van der Waals surface area contributed by atoms with E-state index in [1.165, 1.54) is 6.07 Å². The Morgan fingerprint density at radius 3 is 2.78 bits per heavy atom. The van der Waals surface area contributed by atoms with Crippen molar-refractivity contribution in [3.63, 3.8) is 0 Å². The fourth-order valence-corrected chi connectivity index (χ4v) is 3.55. The molecule has 0 aliphatic carbocycles. The highest BCUT2D eigenvalue weighted by Crippen LogP contribution is 2.46. The Hall–Kier alpha value is -0.610. The van der Waals surface area contributed by atoms with Crippen molar-refractivity contribution in [2.24, 2.45) is 0 Å². The topological polar surface area (TPSA) is 12.0 Å². The molecule has 4 heteroatoms. The zero-order valence-electron chi connectivity index (χ0n) is 11.0. The molecule has 0 amide bonds. The average Bonchev–Trinajstić information content (AvgIpc) is 2.28. The molecule has 1 aliphatic heterocycles. The number of thioether (sulfide) groups is 1. The largest absolute Gasteiger partial charge is 0.309 e. The summed E-state index contributed by atoms with van der Waals surface area (Å²) in [6, 6.07) is 2.39. The summed E-state index contributed by atoms with van der Waals surface area (Å²) >= 11 is 1.74. The summed E-state index contributed by atoms with van der Waals surface area (Å²) in [5.74, 6) is -0.241. The second-order valence-electron chi connectivity index (χ2n) is 5.24. The molecule has 0 aromatic heterocycles. The van der Waals surface area contributed by atoms with Gasteiger partial charge in [0.25, 0.3) is 0 Å². The minimum atomic E-state index is -0.485. The Kier molecular flexibility index (Phi) is 3.97. The van der Waals surface area contributed by atoms with E-state index in [0.717, 1.165) is 24.6 Å². The Bertz CT molecular complexity index is 446. The summed E-state index contributed by atoms with van der Waals surface area (Å²) in [5.41, 5.74) is 1.43. The lowest BCUT2D eigenvalue weighted by atomic mass is 9.90. The van der Waals surface area contributed by atoms with Gasteiger partial charge in [-0.05, 0) is 38.4 Å². The van der Waals surface area contributed by atoms with Crippen molar-refractivity contribution in [3.05, 3.63) is 34.9 Å². The third kappa shape index (κ3) is 2.54. The lowest BCUT2D eigenvalue weighted by Gasteiger charge is -2.40. The summed E-state index contributed by atoms with van der Waals surface area (Å²) in [5, 5.41) is 3.39. The molecule has 1 aliphatic rings. The Balaban J connectivity index is 2.44. The molecule has 1 atom stereocenters. The summed E-state index contributed by atoms with van der Waals surface area (Å²) in [7, 11) is 0. The molecule has 1 unspecified atom stereocenters. The number of fused-ring (bicyclic) bond motifs is 1. The highest BCUT2D eigenvalue weighted by Gasteiger charge is 2.38.